The van der Waals surface area contributed by atoms with Crippen molar-refractivity contribution in [2.45, 2.75) is 128 Å². The number of aromatic nitrogens is 4. The van der Waals surface area contributed by atoms with Gasteiger partial charge < -0.3 is 32.7 Å². The molecular formula is C30H47ClN5O9PS. The number of rotatable bonds is 12. The Labute approximate surface area is 286 Å². The van der Waals surface area contributed by atoms with Crippen LogP contribution in [0, 0.1) is 0 Å². The number of halogens is 1. The van der Waals surface area contributed by atoms with Gasteiger partial charge in [-0.2, -0.15) is 27.7 Å². The number of ether oxygens (including phenoxy) is 5. The van der Waals surface area contributed by atoms with Crippen molar-refractivity contribution in [2.24, 2.45) is 0 Å². The zero-order valence-electron chi connectivity index (χ0n) is 28.3. The SMILES string of the molecule is CCOP(=O)(OCC)C(C)(CS)OC[C@H]1O[C@@H](n2ncc3c(N(C(=O)OC(C)(C)C)C4CCCC4)nc(Cl)nc32)[C@@H]2OC(C)(C)O[C@@H]21. The Bertz CT molecular complexity index is 1480. The van der Waals surface area contributed by atoms with Gasteiger partial charge in [0.05, 0.1) is 31.4 Å². The molecule has 1 unspecified atom stereocenters. The molecule has 2 aromatic heterocycles. The fourth-order valence-electron chi connectivity index (χ4n) is 6.25. The minimum atomic E-state index is -3.72. The van der Waals surface area contributed by atoms with Crippen LogP contribution in [-0.2, 0) is 37.3 Å². The van der Waals surface area contributed by atoms with Crippen molar-refractivity contribution < 1.29 is 42.1 Å². The number of amides is 1. The molecule has 1 saturated carbocycles. The third-order valence-corrected chi connectivity index (χ3v) is 12.0. The number of anilines is 1. The molecule has 17 heteroatoms. The largest absolute Gasteiger partial charge is 0.443 e. The van der Waals surface area contributed by atoms with E-state index in [9.17, 15) is 9.36 Å². The van der Waals surface area contributed by atoms with E-state index in [1.807, 2.05) is 34.6 Å². The van der Waals surface area contributed by atoms with Crippen LogP contribution < -0.4 is 4.90 Å². The van der Waals surface area contributed by atoms with Crippen molar-refractivity contribution in [3.8, 4) is 0 Å². The van der Waals surface area contributed by atoms with Gasteiger partial charge in [-0.3, -0.25) is 9.46 Å². The first-order valence-electron chi connectivity index (χ1n) is 16.1. The van der Waals surface area contributed by atoms with E-state index in [-0.39, 0.29) is 36.9 Å². The average Bonchev–Trinajstić information content (AvgIpc) is 3.76. The summed E-state index contributed by atoms with van der Waals surface area (Å²) < 4.78 is 57.7. The van der Waals surface area contributed by atoms with E-state index in [1.54, 1.807) is 36.5 Å². The molecule has 4 heterocycles. The van der Waals surface area contributed by atoms with E-state index in [4.69, 9.17) is 44.3 Å². The Morgan fingerprint density at radius 1 is 1.13 bits per heavy atom. The molecule has 0 bridgehead atoms. The van der Waals surface area contributed by atoms with E-state index < -0.39 is 55.0 Å². The first-order valence-corrected chi connectivity index (χ1v) is 18.7. The molecule has 1 amide bonds. The predicted molar refractivity (Wildman–Crippen MR) is 178 cm³/mol. The molecular weight excluding hydrogens is 673 g/mol. The fraction of sp³-hybridized carbons (Fsp3) is 0.800. The molecule has 5 atom stereocenters. The molecule has 0 aromatic carbocycles. The highest BCUT2D eigenvalue weighted by Crippen LogP contribution is 2.61. The van der Waals surface area contributed by atoms with Gasteiger partial charge in [-0.25, -0.2) is 9.48 Å². The maximum absolute atomic E-state index is 13.7. The molecule has 3 aliphatic rings. The third kappa shape index (κ3) is 7.48. The molecule has 0 N–H and O–H groups in total. The van der Waals surface area contributed by atoms with Gasteiger partial charge in [0.25, 0.3) is 0 Å². The lowest BCUT2D eigenvalue weighted by molar-refractivity contribution is -0.205. The average molecular weight is 720 g/mol. The number of carbonyl (C=O) groups is 1. The molecule has 14 nitrogen and oxygen atoms in total. The summed E-state index contributed by atoms with van der Waals surface area (Å²) in [6, 6.07) is -0.117. The Balaban J connectivity index is 1.49. The lowest BCUT2D eigenvalue weighted by Crippen LogP contribution is -2.43. The molecule has 47 heavy (non-hydrogen) atoms. The zero-order valence-corrected chi connectivity index (χ0v) is 30.8. The van der Waals surface area contributed by atoms with E-state index in [0.717, 1.165) is 25.7 Å². The number of thiol groups is 1. The molecule has 2 aromatic rings. The van der Waals surface area contributed by atoms with E-state index >= 15 is 0 Å². The summed E-state index contributed by atoms with van der Waals surface area (Å²) in [7, 11) is -3.72. The highest BCUT2D eigenvalue weighted by Gasteiger charge is 2.58. The normalized spacial score (nSPS) is 26.1. The third-order valence-electron chi connectivity index (χ3n) is 8.31. The number of carbonyl (C=O) groups excluding carboxylic acids is 1. The van der Waals surface area contributed by atoms with Crippen LogP contribution in [0.5, 0.6) is 0 Å². The van der Waals surface area contributed by atoms with Crippen LogP contribution in [0.2, 0.25) is 5.28 Å². The molecule has 5 rings (SSSR count). The maximum Gasteiger partial charge on any atom is 0.416 e. The highest BCUT2D eigenvalue weighted by atomic mass is 35.5. The van der Waals surface area contributed by atoms with Gasteiger partial charge in [0.1, 0.15) is 23.9 Å². The summed E-state index contributed by atoms with van der Waals surface area (Å²) >= 11 is 11.0. The van der Waals surface area contributed by atoms with Crippen molar-refractivity contribution in [1.82, 2.24) is 19.7 Å². The second-order valence-corrected chi connectivity index (χ2v) is 16.6. The Morgan fingerprint density at radius 3 is 2.36 bits per heavy atom. The van der Waals surface area contributed by atoms with E-state index in [2.05, 4.69) is 27.7 Å². The summed E-state index contributed by atoms with van der Waals surface area (Å²) in [5.41, 5.74) is -0.366. The van der Waals surface area contributed by atoms with Gasteiger partial charge in [-0.05, 0) is 79.8 Å². The van der Waals surface area contributed by atoms with Crippen molar-refractivity contribution in [3.63, 3.8) is 0 Å². The minimum absolute atomic E-state index is 0.0351. The van der Waals surface area contributed by atoms with Crippen molar-refractivity contribution in [1.29, 1.82) is 0 Å². The predicted octanol–water partition coefficient (Wildman–Crippen LogP) is 6.51. The summed E-state index contributed by atoms with van der Waals surface area (Å²) in [5, 5.41) is 3.73. The van der Waals surface area contributed by atoms with Crippen LogP contribution in [0.25, 0.3) is 11.0 Å². The monoisotopic (exact) mass is 719 g/mol. The smallest absolute Gasteiger partial charge is 0.416 e. The molecule has 1 aliphatic carbocycles. The van der Waals surface area contributed by atoms with Gasteiger partial charge in [0, 0.05) is 11.8 Å². The van der Waals surface area contributed by atoms with Crippen molar-refractivity contribution >= 4 is 54.8 Å². The fourth-order valence-corrected chi connectivity index (χ4v) is 8.73. The Morgan fingerprint density at radius 2 is 1.77 bits per heavy atom. The first kappa shape index (κ1) is 36.7. The Kier molecular flexibility index (Phi) is 10.9. The summed E-state index contributed by atoms with van der Waals surface area (Å²) in [6.07, 6.45) is 1.97. The van der Waals surface area contributed by atoms with Gasteiger partial charge in [-0.1, -0.05) is 12.8 Å². The lowest BCUT2D eigenvalue weighted by atomic mass is 10.1. The molecule has 2 saturated heterocycles. The number of fused-ring (bicyclic) bond motifs is 2. The first-order chi connectivity index (χ1) is 22.0. The van der Waals surface area contributed by atoms with Crippen molar-refractivity contribution in [2.75, 3.05) is 30.5 Å². The van der Waals surface area contributed by atoms with E-state index in [1.165, 1.54) is 0 Å². The molecule has 3 fully saturated rings. The second kappa shape index (κ2) is 14.0. The van der Waals surface area contributed by atoms with Gasteiger partial charge in [0.15, 0.2) is 28.8 Å². The molecule has 264 valence electrons. The summed E-state index contributed by atoms with van der Waals surface area (Å²) in [6.45, 7) is 14.5. The van der Waals surface area contributed by atoms with Gasteiger partial charge in [0.2, 0.25) is 5.28 Å². The minimum Gasteiger partial charge on any atom is -0.443 e. The van der Waals surface area contributed by atoms with Crippen LogP contribution >= 0.6 is 31.8 Å². The molecule has 2 aliphatic heterocycles. The number of nitrogens with zero attached hydrogens (tertiary/aromatic N) is 5. The van der Waals surface area contributed by atoms with Crippen LogP contribution in [0.15, 0.2) is 6.20 Å². The summed E-state index contributed by atoms with van der Waals surface area (Å²) in [4.78, 5) is 24.2. The van der Waals surface area contributed by atoms with Crippen molar-refractivity contribution in [3.05, 3.63) is 11.5 Å². The van der Waals surface area contributed by atoms with Crippen LogP contribution in [0.3, 0.4) is 0 Å². The molecule has 0 spiro atoms. The topological polar surface area (TPSA) is 146 Å². The second-order valence-electron chi connectivity index (χ2n) is 13.5. The Hall–Kier alpha value is -1.55. The number of hydrogen-bond acceptors (Lipinski definition) is 13. The van der Waals surface area contributed by atoms with Gasteiger partial charge in [-0.15, -0.1) is 0 Å². The number of hydrogen-bond donors (Lipinski definition) is 1. The highest BCUT2D eigenvalue weighted by molar-refractivity contribution is 7.81. The maximum atomic E-state index is 13.7. The standard InChI is InChI=1S/C30H47ClN5O9PS/c1-9-40-46(38,41-10-2)30(8,17-47)39-16-20-21-22(44-29(6,7)43-21)25(42-20)36-24-19(15-32-36)23(33-26(31)34-24)35(18-13-11-12-14-18)27(37)45-28(3,4)5/h15,18,20-22,25,47H,9-14,16-17H2,1-8H3/t20-,21-,22-,25-,30?/m1/s1. The van der Waals surface area contributed by atoms with Crippen LogP contribution in [0.1, 0.15) is 87.3 Å². The van der Waals surface area contributed by atoms with Crippen LogP contribution in [0.4, 0.5) is 10.6 Å². The quantitative estimate of drug-likeness (QED) is 0.145. The van der Waals surface area contributed by atoms with Gasteiger partial charge >= 0.3 is 13.7 Å². The summed E-state index contributed by atoms with van der Waals surface area (Å²) in [5.74, 6) is -0.558. The lowest BCUT2D eigenvalue weighted by Gasteiger charge is -2.35. The molecule has 0 radical (unpaired) electrons. The van der Waals surface area contributed by atoms with Crippen LogP contribution in [-0.4, -0.2) is 92.5 Å². The van der Waals surface area contributed by atoms with E-state index in [0.29, 0.717) is 16.9 Å². The zero-order chi connectivity index (χ0) is 34.4.